The SMILES string of the molecule is CN(C(=O)c1ccc(Br)cn1)C1CN(C(=O)OC(C)(C)C)C1. The Hall–Kier alpha value is -1.63. The molecule has 2 amide bonds. The highest BCUT2D eigenvalue weighted by atomic mass is 79.9. The van der Waals surface area contributed by atoms with Crippen LogP contribution in [0.3, 0.4) is 0 Å². The lowest BCUT2D eigenvalue weighted by atomic mass is 10.1. The minimum Gasteiger partial charge on any atom is -0.444 e. The number of rotatable bonds is 2. The lowest BCUT2D eigenvalue weighted by Gasteiger charge is -2.43. The minimum absolute atomic E-state index is 0.00883. The summed E-state index contributed by atoms with van der Waals surface area (Å²) in [4.78, 5) is 31.5. The first-order valence-electron chi connectivity index (χ1n) is 7.04. The maximum atomic E-state index is 12.3. The van der Waals surface area contributed by atoms with Gasteiger partial charge >= 0.3 is 6.09 Å². The second-order valence-electron chi connectivity index (χ2n) is 6.32. The molecule has 0 N–H and O–H groups in total. The van der Waals surface area contributed by atoms with Gasteiger partial charge < -0.3 is 14.5 Å². The summed E-state index contributed by atoms with van der Waals surface area (Å²) in [5, 5.41) is 0. The van der Waals surface area contributed by atoms with Crippen molar-refractivity contribution in [2.24, 2.45) is 0 Å². The number of likely N-dealkylation sites (tertiary alicyclic amines) is 1. The van der Waals surface area contributed by atoms with Gasteiger partial charge in [-0.15, -0.1) is 0 Å². The van der Waals surface area contributed by atoms with E-state index in [2.05, 4.69) is 20.9 Å². The molecule has 1 saturated heterocycles. The maximum Gasteiger partial charge on any atom is 0.410 e. The number of aromatic nitrogens is 1. The topological polar surface area (TPSA) is 62.7 Å². The molecule has 0 atom stereocenters. The smallest absolute Gasteiger partial charge is 0.410 e. The summed E-state index contributed by atoms with van der Waals surface area (Å²) in [5.41, 5.74) is -0.118. The van der Waals surface area contributed by atoms with Gasteiger partial charge in [-0.3, -0.25) is 4.79 Å². The van der Waals surface area contributed by atoms with Crippen molar-refractivity contribution in [1.82, 2.24) is 14.8 Å². The largest absolute Gasteiger partial charge is 0.444 e. The van der Waals surface area contributed by atoms with Crippen molar-refractivity contribution in [1.29, 1.82) is 0 Å². The van der Waals surface area contributed by atoms with Crippen molar-refractivity contribution in [2.75, 3.05) is 20.1 Å². The summed E-state index contributed by atoms with van der Waals surface area (Å²) in [6.07, 6.45) is 1.25. The van der Waals surface area contributed by atoms with E-state index < -0.39 is 5.60 Å². The second-order valence-corrected chi connectivity index (χ2v) is 7.23. The molecule has 1 aliphatic heterocycles. The van der Waals surface area contributed by atoms with Gasteiger partial charge in [0, 0.05) is 30.8 Å². The van der Waals surface area contributed by atoms with Gasteiger partial charge in [0.1, 0.15) is 11.3 Å². The molecule has 1 fully saturated rings. The predicted octanol–water partition coefficient (Wildman–Crippen LogP) is 2.54. The van der Waals surface area contributed by atoms with E-state index in [-0.39, 0.29) is 18.0 Å². The molecule has 7 heteroatoms. The third-order valence-corrected chi connectivity index (χ3v) is 3.80. The highest BCUT2D eigenvalue weighted by Gasteiger charge is 2.37. The fourth-order valence-corrected chi connectivity index (χ4v) is 2.26. The molecule has 0 spiro atoms. The molecule has 0 aliphatic carbocycles. The first-order valence-corrected chi connectivity index (χ1v) is 7.83. The molecule has 22 heavy (non-hydrogen) atoms. The van der Waals surface area contributed by atoms with E-state index in [1.807, 2.05) is 20.8 Å². The summed E-state index contributed by atoms with van der Waals surface area (Å²) in [7, 11) is 1.73. The van der Waals surface area contributed by atoms with E-state index in [1.165, 1.54) is 0 Å². The van der Waals surface area contributed by atoms with Crippen LogP contribution in [0.5, 0.6) is 0 Å². The van der Waals surface area contributed by atoms with Crippen LogP contribution in [-0.2, 0) is 4.74 Å². The molecule has 0 radical (unpaired) electrons. The summed E-state index contributed by atoms with van der Waals surface area (Å²) in [6, 6.07) is 3.44. The maximum absolute atomic E-state index is 12.3. The van der Waals surface area contributed by atoms with Crippen LogP contribution in [0, 0.1) is 0 Å². The Bertz CT molecular complexity index is 562. The van der Waals surface area contributed by atoms with E-state index in [4.69, 9.17) is 4.74 Å². The average molecular weight is 370 g/mol. The van der Waals surface area contributed by atoms with Gasteiger partial charge in [-0.25, -0.2) is 9.78 Å². The summed E-state index contributed by atoms with van der Waals surface area (Å²) in [5.74, 6) is -0.152. The zero-order valence-corrected chi connectivity index (χ0v) is 14.8. The van der Waals surface area contributed by atoms with Crippen molar-refractivity contribution in [2.45, 2.75) is 32.4 Å². The van der Waals surface area contributed by atoms with Gasteiger partial charge in [0.15, 0.2) is 0 Å². The number of nitrogens with zero attached hydrogens (tertiary/aromatic N) is 3. The first-order chi connectivity index (χ1) is 10.2. The molecular weight excluding hydrogens is 350 g/mol. The van der Waals surface area contributed by atoms with Crippen LogP contribution in [0.25, 0.3) is 0 Å². The zero-order chi connectivity index (χ0) is 16.5. The van der Waals surface area contributed by atoms with Crippen LogP contribution < -0.4 is 0 Å². The van der Waals surface area contributed by atoms with Gasteiger partial charge in [0.25, 0.3) is 5.91 Å². The summed E-state index contributed by atoms with van der Waals surface area (Å²) < 4.78 is 6.12. The third-order valence-electron chi connectivity index (χ3n) is 3.33. The fraction of sp³-hybridized carbons (Fsp3) is 0.533. The number of pyridine rings is 1. The Kier molecular flexibility index (Phi) is 4.75. The van der Waals surface area contributed by atoms with Gasteiger partial charge in [0.05, 0.1) is 6.04 Å². The molecule has 1 aromatic rings. The van der Waals surface area contributed by atoms with E-state index in [1.54, 1.807) is 35.2 Å². The number of hydrogen-bond donors (Lipinski definition) is 0. The molecule has 2 rings (SSSR count). The Morgan fingerprint density at radius 1 is 1.36 bits per heavy atom. The van der Waals surface area contributed by atoms with Crippen LogP contribution >= 0.6 is 15.9 Å². The highest BCUT2D eigenvalue weighted by molar-refractivity contribution is 9.10. The Balaban J connectivity index is 1.88. The second kappa shape index (κ2) is 6.24. The first kappa shape index (κ1) is 16.7. The van der Waals surface area contributed by atoms with Crippen LogP contribution in [-0.4, -0.2) is 58.6 Å². The summed E-state index contributed by atoms with van der Waals surface area (Å²) in [6.45, 7) is 6.45. The standard InChI is InChI=1S/C15H20BrN3O3/c1-15(2,3)22-14(21)19-8-11(9-19)18(4)13(20)12-6-5-10(16)7-17-12/h5-7,11H,8-9H2,1-4H3. The minimum atomic E-state index is -0.509. The summed E-state index contributed by atoms with van der Waals surface area (Å²) >= 11 is 3.29. The predicted molar refractivity (Wildman–Crippen MR) is 85.6 cm³/mol. The molecule has 6 nitrogen and oxygen atoms in total. The van der Waals surface area contributed by atoms with E-state index in [9.17, 15) is 9.59 Å². The molecular formula is C15H20BrN3O3. The lowest BCUT2D eigenvalue weighted by molar-refractivity contribution is -0.00915. The molecule has 120 valence electrons. The normalized spacial score (nSPS) is 15.2. The monoisotopic (exact) mass is 369 g/mol. The average Bonchev–Trinajstić information content (AvgIpc) is 2.34. The van der Waals surface area contributed by atoms with Crippen LogP contribution in [0.15, 0.2) is 22.8 Å². The Labute approximate surface area is 138 Å². The molecule has 2 heterocycles. The fourth-order valence-electron chi connectivity index (χ4n) is 2.02. The van der Waals surface area contributed by atoms with Crippen LogP contribution in [0.4, 0.5) is 4.79 Å². The van der Waals surface area contributed by atoms with Gasteiger partial charge in [-0.1, -0.05) is 0 Å². The molecule has 0 unspecified atom stereocenters. The molecule has 0 bridgehead atoms. The number of likely N-dealkylation sites (N-methyl/N-ethyl adjacent to an activating group) is 1. The molecule has 0 aromatic carbocycles. The van der Waals surface area contributed by atoms with Crippen molar-refractivity contribution in [3.63, 3.8) is 0 Å². The van der Waals surface area contributed by atoms with E-state index >= 15 is 0 Å². The Morgan fingerprint density at radius 3 is 2.50 bits per heavy atom. The van der Waals surface area contributed by atoms with E-state index in [0.29, 0.717) is 18.8 Å². The number of carbonyl (C=O) groups is 2. The van der Waals surface area contributed by atoms with Gasteiger partial charge in [-0.05, 0) is 48.8 Å². The number of halogens is 1. The number of carbonyl (C=O) groups excluding carboxylic acids is 2. The molecule has 1 aliphatic rings. The van der Waals surface area contributed by atoms with Crippen LogP contribution in [0.2, 0.25) is 0 Å². The van der Waals surface area contributed by atoms with Crippen molar-refractivity contribution >= 4 is 27.9 Å². The molecule has 1 aromatic heterocycles. The quantitative estimate of drug-likeness (QED) is 0.803. The van der Waals surface area contributed by atoms with Crippen molar-refractivity contribution in [3.05, 3.63) is 28.5 Å². The number of amides is 2. The van der Waals surface area contributed by atoms with Gasteiger partial charge in [-0.2, -0.15) is 0 Å². The molecule has 0 saturated carbocycles. The third kappa shape index (κ3) is 3.97. The van der Waals surface area contributed by atoms with E-state index in [0.717, 1.165) is 4.47 Å². The van der Waals surface area contributed by atoms with Crippen molar-refractivity contribution < 1.29 is 14.3 Å². The Morgan fingerprint density at radius 2 is 2.00 bits per heavy atom. The van der Waals surface area contributed by atoms with Crippen LogP contribution in [0.1, 0.15) is 31.3 Å². The number of ether oxygens (including phenoxy) is 1. The zero-order valence-electron chi connectivity index (χ0n) is 13.2. The lowest BCUT2D eigenvalue weighted by Crippen LogP contribution is -2.61. The highest BCUT2D eigenvalue weighted by Crippen LogP contribution is 2.19. The number of hydrogen-bond acceptors (Lipinski definition) is 4. The van der Waals surface area contributed by atoms with Crippen molar-refractivity contribution in [3.8, 4) is 0 Å². The van der Waals surface area contributed by atoms with Gasteiger partial charge in [0.2, 0.25) is 0 Å².